The lowest BCUT2D eigenvalue weighted by atomic mass is 10.0. The van der Waals surface area contributed by atoms with Crippen molar-refractivity contribution in [1.82, 2.24) is 5.32 Å². The highest BCUT2D eigenvalue weighted by atomic mass is 14.9. The van der Waals surface area contributed by atoms with E-state index in [9.17, 15) is 0 Å². The molecule has 1 atom stereocenters. The van der Waals surface area contributed by atoms with Crippen LogP contribution in [0.1, 0.15) is 18.1 Å². The molecule has 0 aliphatic rings. The van der Waals surface area contributed by atoms with E-state index in [1.165, 1.54) is 16.7 Å². The number of hydrogen-bond donors (Lipinski definition) is 1. The zero-order valence-corrected chi connectivity index (χ0v) is 11.9. The highest BCUT2D eigenvalue weighted by Crippen LogP contribution is 2.11. The third-order valence-corrected chi connectivity index (χ3v) is 3.29. The van der Waals surface area contributed by atoms with E-state index >= 15 is 0 Å². The smallest absolute Gasteiger partial charge is 0.0466 e. The summed E-state index contributed by atoms with van der Waals surface area (Å²) in [6.45, 7) is 6.91. The molecule has 0 aliphatic carbocycles. The van der Waals surface area contributed by atoms with Gasteiger partial charge in [0, 0.05) is 12.6 Å². The summed E-state index contributed by atoms with van der Waals surface area (Å²) in [5.74, 6) is 0. The summed E-state index contributed by atoms with van der Waals surface area (Å²) >= 11 is 0. The Morgan fingerprint density at radius 1 is 1.05 bits per heavy atom. The molecule has 0 saturated carbocycles. The maximum Gasteiger partial charge on any atom is 0.0466 e. The van der Waals surface area contributed by atoms with Gasteiger partial charge in [0.2, 0.25) is 0 Å². The summed E-state index contributed by atoms with van der Waals surface area (Å²) in [6.07, 6.45) is 4.15. The molecule has 0 radical (unpaired) electrons. The Hall–Kier alpha value is -2.12. The molecule has 0 fully saturated rings. The van der Waals surface area contributed by atoms with E-state index < -0.39 is 0 Å². The van der Waals surface area contributed by atoms with Crippen molar-refractivity contribution in [3.8, 4) is 0 Å². The predicted octanol–water partition coefficient (Wildman–Crippen LogP) is 4.43. The number of hydrogen-bond acceptors (Lipinski definition) is 1. The first-order valence-corrected chi connectivity index (χ1v) is 6.92. The van der Waals surface area contributed by atoms with Gasteiger partial charge in [-0.25, -0.2) is 0 Å². The quantitative estimate of drug-likeness (QED) is 0.760. The van der Waals surface area contributed by atoms with Crippen LogP contribution in [0.5, 0.6) is 0 Å². The average molecular weight is 263 g/mol. The second-order valence-corrected chi connectivity index (χ2v) is 4.88. The topological polar surface area (TPSA) is 12.0 Å². The molecule has 2 rings (SSSR count). The lowest BCUT2D eigenvalue weighted by molar-refractivity contribution is 0.655. The minimum Gasteiger partial charge on any atom is -0.303 e. The average Bonchev–Trinajstić information content (AvgIpc) is 2.50. The highest BCUT2D eigenvalue weighted by Gasteiger charge is 2.05. The van der Waals surface area contributed by atoms with Gasteiger partial charge in [0.1, 0.15) is 0 Å². The van der Waals surface area contributed by atoms with Gasteiger partial charge in [-0.2, -0.15) is 0 Å². The summed E-state index contributed by atoms with van der Waals surface area (Å²) in [5, 5.41) is 3.52. The summed E-state index contributed by atoms with van der Waals surface area (Å²) in [7, 11) is 0. The second kappa shape index (κ2) is 7.46. The van der Waals surface area contributed by atoms with Crippen molar-refractivity contribution in [1.29, 1.82) is 0 Å². The Bertz CT molecular complexity index is 555. The Morgan fingerprint density at radius 2 is 1.65 bits per heavy atom. The first kappa shape index (κ1) is 14.3. The first-order valence-electron chi connectivity index (χ1n) is 6.92. The monoisotopic (exact) mass is 263 g/mol. The normalized spacial score (nSPS) is 12.9. The van der Waals surface area contributed by atoms with Gasteiger partial charge in [0.05, 0.1) is 0 Å². The molecule has 20 heavy (non-hydrogen) atoms. The molecular formula is C19H21N. The zero-order valence-electron chi connectivity index (χ0n) is 11.9. The van der Waals surface area contributed by atoms with Crippen molar-refractivity contribution in [2.24, 2.45) is 0 Å². The molecule has 0 bridgehead atoms. The summed E-state index contributed by atoms with van der Waals surface area (Å²) in [6, 6.07) is 21.0. The molecule has 0 heterocycles. The fourth-order valence-electron chi connectivity index (χ4n) is 2.16. The zero-order chi connectivity index (χ0) is 14.2. The van der Waals surface area contributed by atoms with Crippen molar-refractivity contribution in [2.45, 2.75) is 19.5 Å². The molecule has 1 unspecified atom stereocenters. The highest BCUT2D eigenvalue weighted by molar-refractivity contribution is 5.54. The van der Waals surface area contributed by atoms with Gasteiger partial charge in [-0.15, -0.1) is 6.58 Å². The number of nitrogens with one attached hydrogen (secondary N) is 1. The molecular weight excluding hydrogens is 242 g/mol. The molecule has 0 aromatic heterocycles. The Morgan fingerprint density at radius 3 is 2.25 bits per heavy atom. The lowest BCUT2D eigenvalue weighted by Gasteiger charge is -2.16. The number of benzene rings is 2. The third kappa shape index (κ3) is 4.22. The molecule has 0 amide bonds. The van der Waals surface area contributed by atoms with E-state index in [-0.39, 0.29) is 6.04 Å². The molecule has 2 aromatic rings. The van der Waals surface area contributed by atoms with Gasteiger partial charge >= 0.3 is 0 Å². The predicted molar refractivity (Wildman–Crippen MR) is 87.4 cm³/mol. The van der Waals surface area contributed by atoms with Crippen molar-refractivity contribution < 1.29 is 0 Å². The van der Waals surface area contributed by atoms with Gasteiger partial charge in [0.25, 0.3) is 0 Å². The fourth-order valence-corrected chi connectivity index (χ4v) is 2.16. The van der Waals surface area contributed by atoms with E-state index in [0.29, 0.717) is 0 Å². The molecule has 1 nitrogen and oxygen atoms in total. The van der Waals surface area contributed by atoms with Crippen LogP contribution in [0.15, 0.2) is 78.9 Å². The van der Waals surface area contributed by atoms with Crippen LogP contribution in [0.25, 0.3) is 6.08 Å². The molecule has 2 aromatic carbocycles. The van der Waals surface area contributed by atoms with Gasteiger partial charge in [-0.1, -0.05) is 78.4 Å². The van der Waals surface area contributed by atoms with Gasteiger partial charge < -0.3 is 5.32 Å². The van der Waals surface area contributed by atoms with Crippen LogP contribution in [-0.4, -0.2) is 6.04 Å². The summed E-state index contributed by atoms with van der Waals surface area (Å²) in [5.41, 5.74) is 3.77. The maximum absolute atomic E-state index is 3.93. The van der Waals surface area contributed by atoms with E-state index in [0.717, 1.165) is 6.54 Å². The Labute approximate surface area is 121 Å². The van der Waals surface area contributed by atoms with Crippen LogP contribution in [0, 0.1) is 0 Å². The first-order chi connectivity index (χ1) is 9.79. The largest absolute Gasteiger partial charge is 0.303 e. The van der Waals surface area contributed by atoms with E-state index in [1.54, 1.807) is 0 Å². The van der Waals surface area contributed by atoms with Crippen molar-refractivity contribution in [2.75, 3.05) is 0 Å². The number of rotatable bonds is 6. The van der Waals surface area contributed by atoms with Crippen LogP contribution in [-0.2, 0) is 6.54 Å². The standard InChI is InChI=1S/C19H21N/c1-3-19(20-15-18-12-8-5-9-13-18)16(2)14-17-10-6-4-7-11-17/h3-14,19-20H,1,15H2,2H3/b16-14+. The third-order valence-electron chi connectivity index (χ3n) is 3.29. The molecule has 0 spiro atoms. The van der Waals surface area contributed by atoms with Crippen LogP contribution in [0.4, 0.5) is 0 Å². The molecule has 1 heteroatoms. The van der Waals surface area contributed by atoms with E-state index in [4.69, 9.17) is 0 Å². The second-order valence-electron chi connectivity index (χ2n) is 4.88. The Kier molecular flexibility index (Phi) is 5.33. The molecule has 1 N–H and O–H groups in total. The van der Waals surface area contributed by atoms with Crippen molar-refractivity contribution >= 4 is 6.08 Å². The fraction of sp³-hybridized carbons (Fsp3) is 0.158. The summed E-state index contributed by atoms with van der Waals surface area (Å²) < 4.78 is 0. The molecule has 0 saturated heterocycles. The molecule has 102 valence electrons. The van der Waals surface area contributed by atoms with Gasteiger partial charge in [-0.05, 0) is 18.1 Å². The van der Waals surface area contributed by atoms with Crippen molar-refractivity contribution in [3.63, 3.8) is 0 Å². The van der Waals surface area contributed by atoms with Gasteiger partial charge in [0.15, 0.2) is 0 Å². The minimum absolute atomic E-state index is 0.190. The Balaban J connectivity index is 2.01. The SMILES string of the molecule is C=CC(NCc1ccccc1)/C(C)=C/c1ccccc1. The van der Waals surface area contributed by atoms with Crippen LogP contribution < -0.4 is 5.32 Å². The summed E-state index contributed by atoms with van der Waals surface area (Å²) in [4.78, 5) is 0. The van der Waals surface area contributed by atoms with Gasteiger partial charge in [-0.3, -0.25) is 0 Å². The minimum atomic E-state index is 0.190. The van der Waals surface area contributed by atoms with Crippen molar-refractivity contribution in [3.05, 3.63) is 90.0 Å². The van der Waals surface area contributed by atoms with E-state index in [2.05, 4.69) is 73.4 Å². The van der Waals surface area contributed by atoms with Crippen LogP contribution in [0.2, 0.25) is 0 Å². The lowest BCUT2D eigenvalue weighted by Crippen LogP contribution is -2.27. The molecule has 0 aliphatic heterocycles. The van der Waals surface area contributed by atoms with E-state index in [1.807, 2.05) is 18.2 Å². The maximum atomic E-state index is 3.93. The van der Waals surface area contributed by atoms with Crippen LogP contribution >= 0.6 is 0 Å². The van der Waals surface area contributed by atoms with Crippen LogP contribution in [0.3, 0.4) is 0 Å².